The van der Waals surface area contributed by atoms with Crippen LogP contribution in [0.5, 0.6) is 0 Å². The predicted molar refractivity (Wildman–Crippen MR) is 77.5 cm³/mol. The molecule has 2 rings (SSSR count). The molecule has 94 valence electrons. The fourth-order valence-corrected chi connectivity index (χ4v) is 2.47. The normalized spacial score (nSPS) is 14.1. The highest BCUT2D eigenvalue weighted by atomic mass is 14.7. The molecule has 18 heavy (non-hydrogen) atoms. The average Bonchev–Trinajstić information content (AvgIpc) is 2.46. The number of benzene rings is 2. The van der Waals surface area contributed by atoms with E-state index in [0.717, 1.165) is 12.8 Å². The average molecular weight is 239 g/mol. The molecular formula is C17H21N. The van der Waals surface area contributed by atoms with Crippen molar-refractivity contribution in [2.24, 2.45) is 5.73 Å². The second kappa shape index (κ2) is 6.36. The van der Waals surface area contributed by atoms with Gasteiger partial charge in [0.2, 0.25) is 0 Å². The van der Waals surface area contributed by atoms with Gasteiger partial charge in [0.25, 0.3) is 0 Å². The molecule has 1 nitrogen and oxygen atoms in total. The van der Waals surface area contributed by atoms with Crippen molar-refractivity contribution >= 4 is 0 Å². The van der Waals surface area contributed by atoms with Gasteiger partial charge in [-0.1, -0.05) is 74.0 Å². The fraction of sp³-hybridized carbons (Fsp3) is 0.294. The topological polar surface area (TPSA) is 26.0 Å². The molecule has 0 heterocycles. The van der Waals surface area contributed by atoms with Gasteiger partial charge in [-0.05, 0) is 17.5 Å². The Kier molecular flexibility index (Phi) is 4.54. The molecule has 0 bridgehead atoms. The number of hydrogen-bond acceptors (Lipinski definition) is 1. The molecule has 0 aliphatic carbocycles. The fourth-order valence-electron chi connectivity index (χ4n) is 2.47. The predicted octanol–water partition coefficient (Wildman–Crippen LogP) is 4.27. The molecule has 0 aromatic heterocycles. The molecule has 1 heteroatoms. The summed E-state index contributed by atoms with van der Waals surface area (Å²) in [5, 5.41) is 0. The first-order chi connectivity index (χ1) is 8.83. The van der Waals surface area contributed by atoms with Crippen LogP contribution in [0.4, 0.5) is 0 Å². The lowest BCUT2D eigenvalue weighted by atomic mass is 9.84. The zero-order valence-electron chi connectivity index (χ0n) is 10.9. The van der Waals surface area contributed by atoms with Crippen LogP contribution in [0.15, 0.2) is 60.7 Å². The summed E-state index contributed by atoms with van der Waals surface area (Å²) in [5.41, 5.74) is 9.02. The zero-order chi connectivity index (χ0) is 12.8. The molecule has 2 aromatic rings. The Bertz CT molecular complexity index is 450. The van der Waals surface area contributed by atoms with E-state index in [9.17, 15) is 0 Å². The first-order valence-corrected chi connectivity index (χ1v) is 6.68. The summed E-state index contributed by atoms with van der Waals surface area (Å²) in [7, 11) is 0. The van der Waals surface area contributed by atoms with Crippen LogP contribution in [0, 0.1) is 0 Å². The van der Waals surface area contributed by atoms with E-state index < -0.39 is 0 Å². The van der Waals surface area contributed by atoms with Crippen LogP contribution in [-0.2, 0) is 0 Å². The van der Waals surface area contributed by atoms with Gasteiger partial charge in [0.05, 0.1) is 0 Å². The molecule has 2 unspecified atom stereocenters. The van der Waals surface area contributed by atoms with E-state index in [0.29, 0.717) is 5.92 Å². The Morgan fingerprint density at radius 3 is 1.83 bits per heavy atom. The van der Waals surface area contributed by atoms with Gasteiger partial charge in [-0.25, -0.2) is 0 Å². The molecule has 2 atom stereocenters. The number of nitrogens with two attached hydrogens (primary N) is 1. The van der Waals surface area contributed by atoms with Crippen molar-refractivity contribution < 1.29 is 0 Å². The Balaban J connectivity index is 2.26. The Morgan fingerprint density at radius 2 is 1.33 bits per heavy atom. The lowest BCUT2D eigenvalue weighted by Gasteiger charge is -2.24. The summed E-state index contributed by atoms with van der Waals surface area (Å²) < 4.78 is 0. The minimum atomic E-state index is 0.0774. The van der Waals surface area contributed by atoms with Crippen molar-refractivity contribution in [2.45, 2.75) is 31.7 Å². The molecule has 0 aliphatic rings. The molecule has 0 saturated carbocycles. The van der Waals surface area contributed by atoms with Gasteiger partial charge in [0.15, 0.2) is 0 Å². The Labute approximate surface area is 110 Å². The van der Waals surface area contributed by atoms with Crippen LogP contribution in [-0.4, -0.2) is 0 Å². The van der Waals surface area contributed by atoms with Crippen molar-refractivity contribution in [1.29, 1.82) is 0 Å². The molecule has 0 fully saturated rings. The van der Waals surface area contributed by atoms with Crippen LogP contribution >= 0.6 is 0 Å². The summed E-state index contributed by atoms with van der Waals surface area (Å²) >= 11 is 0. The maximum absolute atomic E-state index is 6.46. The van der Waals surface area contributed by atoms with Crippen LogP contribution in [0.1, 0.15) is 42.9 Å². The van der Waals surface area contributed by atoms with E-state index in [4.69, 9.17) is 5.73 Å². The molecule has 0 radical (unpaired) electrons. The molecule has 0 amide bonds. The molecule has 0 aliphatic heterocycles. The highest BCUT2D eigenvalue weighted by molar-refractivity contribution is 5.27. The third-order valence-electron chi connectivity index (χ3n) is 3.45. The molecular weight excluding hydrogens is 218 g/mol. The van der Waals surface area contributed by atoms with Gasteiger partial charge in [-0.2, -0.15) is 0 Å². The van der Waals surface area contributed by atoms with Gasteiger partial charge in [0.1, 0.15) is 0 Å². The number of rotatable bonds is 5. The molecule has 0 saturated heterocycles. The highest BCUT2D eigenvalue weighted by Gasteiger charge is 2.20. The van der Waals surface area contributed by atoms with Crippen molar-refractivity contribution in [3.05, 3.63) is 71.8 Å². The lowest BCUT2D eigenvalue weighted by molar-refractivity contribution is 0.512. The third-order valence-corrected chi connectivity index (χ3v) is 3.45. The standard InChI is InChI=1S/C17H21N/c1-2-9-16(14-10-5-3-6-11-14)17(18)15-12-7-4-8-13-15/h3-8,10-13,16-17H,2,9,18H2,1H3. The quantitative estimate of drug-likeness (QED) is 0.828. The summed E-state index contributed by atoms with van der Waals surface area (Å²) in [6.45, 7) is 2.22. The highest BCUT2D eigenvalue weighted by Crippen LogP contribution is 2.32. The van der Waals surface area contributed by atoms with Crippen LogP contribution in [0.3, 0.4) is 0 Å². The Hall–Kier alpha value is -1.60. The van der Waals surface area contributed by atoms with Gasteiger partial charge >= 0.3 is 0 Å². The van der Waals surface area contributed by atoms with Gasteiger partial charge in [0, 0.05) is 12.0 Å². The second-order valence-electron chi connectivity index (χ2n) is 4.74. The van der Waals surface area contributed by atoms with Crippen molar-refractivity contribution in [3.63, 3.8) is 0 Å². The van der Waals surface area contributed by atoms with Crippen molar-refractivity contribution in [1.82, 2.24) is 0 Å². The minimum absolute atomic E-state index is 0.0774. The van der Waals surface area contributed by atoms with Crippen molar-refractivity contribution in [2.75, 3.05) is 0 Å². The SMILES string of the molecule is CCCC(c1ccccc1)C(N)c1ccccc1. The molecule has 2 N–H and O–H groups in total. The van der Waals surface area contributed by atoms with E-state index in [-0.39, 0.29) is 6.04 Å². The lowest BCUT2D eigenvalue weighted by Crippen LogP contribution is -2.19. The summed E-state index contributed by atoms with van der Waals surface area (Å²) in [4.78, 5) is 0. The number of hydrogen-bond donors (Lipinski definition) is 1. The van der Waals surface area contributed by atoms with Gasteiger partial charge in [-0.15, -0.1) is 0 Å². The van der Waals surface area contributed by atoms with Gasteiger partial charge < -0.3 is 5.73 Å². The summed E-state index contributed by atoms with van der Waals surface area (Å²) in [6.07, 6.45) is 2.28. The van der Waals surface area contributed by atoms with Crippen LogP contribution in [0.25, 0.3) is 0 Å². The van der Waals surface area contributed by atoms with Gasteiger partial charge in [-0.3, -0.25) is 0 Å². The Morgan fingerprint density at radius 1 is 0.833 bits per heavy atom. The van der Waals surface area contributed by atoms with E-state index in [1.807, 2.05) is 6.07 Å². The third kappa shape index (κ3) is 2.99. The first-order valence-electron chi connectivity index (χ1n) is 6.68. The van der Waals surface area contributed by atoms with Crippen LogP contribution < -0.4 is 5.73 Å². The van der Waals surface area contributed by atoms with E-state index in [1.54, 1.807) is 0 Å². The maximum Gasteiger partial charge on any atom is 0.0364 e. The summed E-state index contributed by atoms with van der Waals surface area (Å²) in [6, 6.07) is 21.1. The van der Waals surface area contributed by atoms with Crippen LogP contribution in [0.2, 0.25) is 0 Å². The van der Waals surface area contributed by atoms with E-state index in [2.05, 4.69) is 61.5 Å². The smallest absolute Gasteiger partial charge is 0.0364 e. The van der Waals surface area contributed by atoms with E-state index in [1.165, 1.54) is 11.1 Å². The summed E-state index contributed by atoms with van der Waals surface area (Å²) in [5.74, 6) is 0.401. The molecule has 0 spiro atoms. The minimum Gasteiger partial charge on any atom is -0.323 e. The zero-order valence-corrected chi connectivity index (χ0v) is 10.9. The second-order valence-corrected chi connectivity index (χ2v) is 4.74. The molecule has 2 aromatic carbocycles. The maximum atomic E-state index is 6.46. The first kappa shape index (κ1) is 12.8. The van der Waals surface area contributed by atoms with E-state index >= 15 is 0 Å². The van der Waals surface area contributed by atoms with Crippen molar-refractivity contribution in [3.8, 4) is 0 Å². The monoisotopic (exact) mass is 239 g/mol. The largest absolute Gasteiger partial charge is 0.323 e.